The van der Waals surface area contributed by atoms with Crippen LogP contribution in [-0.4, -0.2) is 30.7 Å². The standard InChI is InChI=1S/C18H24N.BrH/c1-3-13-19(14-5-4-6-15-19)16-7-8-18-11-9-17(2)10-12-18;/h3,9-12H,1,4-6,13-16H2,2H3;1H/q+1;/p-1. The van der Waals surface area contributed by atoms with Crippen LogP contribution in [0.25, 0.3) is 0 Å². The second-order valence-corrected chi connectivity index (χ2v) is 5.65. The molecule has 108 valence electrons. The average molecular weight is 334 g/mol. The van der Waals surface area contributed by atoms with Gasteiger partial charge >= 0.3 is 0 Å². The molecule has 1 heterocycles. The van der Waals surface area contributed by atoms with E-state index in [1.807, 2.05) is 0 Å². The Hall–Kier alpha value is -1.04. The molecule has 0 atom stereocenters. The minimum Gasteiger partial charge on any atom is -1.00 e. The van der Waals surface area contributed by atoms with Gasteiger partial charge in [0.05, 0.1) is 19.6 Å². The predicted molar refractivity (Wildman–Crippen MR) is 81.8 cm³/mol. The number of halogens is 1. The van der Waals surface area contributed by atoms with Crippen LogP contribution in [0.5, 0.6) is 0 Å². The van der Waals surface area contributed by atoms with Gasteiger partial charge in [-0.3, -0.25) is 0 Å². The quantitative estimate of drug-likeness (QED) is 0.430. The summed E-state index contributed by atoms with van der Waals surface area (Å²) in [6.45, 7) is 10.6. The van der Waals surface area contributed by atoms with E-state index in [9.17, 15) is 0 Å². The Morgan fingerprint density at radius 1 is 1.15 bits per heavy atom. The topological polar surface area (TPSA) is 0 Å². The molecule has 1 fully saturated rings. The van der Waals surface area contributed by atoms with Crippen molar-refractivity contribution in [1.29, 1.82) is 0 Å². The second kappa shape index (κ2) is 8.29. The summed E-state index contributed by atoms with van der Waals surface area (Å²) in [6, 6.07) is 8.46. The smallest absolute Gasteiger partial charge is 0.141 e. The molecule has 0 N–H and O–H groups in total. The maximum Gasteiger partial charge on any atom is 0.141 e. The first-order valence-corrected chi connectivity index (χ1v) is 7.26. The summed E-state index contributed by atoms with van der Waals surface area (Å²) in [5.41, 5.74) is 2.41. The molecule has 0 aliphatic carbocycles. The summed E-state index contributed by atoms with van der Waals surface area (Å²) in [5.74, 6) is 6.69. The summed E-state index contributed by atoms with van der Waals surface area (Å²) in [4.78, 5) is 0. The van der Waals surface area contributed by atoms with Crippen LogP contribution in [0.2, 0.25) is 0 Å². The van der Waals surface area contributed by atoms with Gasteiger partial charge in [-0.2, -0.15) is 0 Å². The molecule has 1 aliphatic rings. The summed E-state index contributed by atoms with van der Waals surface area (Å²) in [6.07, 6.45) is 6.10. The lowest BCUT2D eigenvalue weighted by atomic mass is 10.1. The Morgan fingerprint density at radius 2 is 1.80 bits per heavy atom. The van der Waals surface area contributed by atoms with Crippen LogP contribution in [0.1, 0.15) is 30.4 Å². The lowest BCUT2D eigenvalue weighted by Gasteiger charge is -2.39. The molecule has 0 aromatic heterocycles. The number of aryl methyl sites for hydroxylation is 1. The fraction of sp³-hybridized carbons (Fsp3) is 0.444. The van der Waals surface area contributed by atoms with E-state index < -0.39 is 0 Å². The first-order chi connectivity index (χ1) is 9.24. The minimum absolute atomic E-state index is 0. The zero-order chi connectivity index (χ0) is 13.6. The van der Waals surface area contributed by atoms with Crippen LogP contribution < -0.4 is 17.0 Å². The van der Waals surface area contributed by atoms with Gasteiger partial charge in [-0.25, -0.2) is 0 Å². The number of benzene rings is 1. The number of hydrogen-bond donors (Lipinski definition) is 0. The minimum atomic E-state index is 0. The van der Waals surface area contributed by atoms with E-state index in [1.165, 1.54) is 37.9 Å². The molecule has 0 bridgehead atoms. The number of nitrogens with zero attached hydrogens (tertiary/aromatic N) is 1. The molecule has 1 aromatic carbocycles. The Bertz CT molecular complexity index is 472. The van der Waals surface area contributed by atoms with Crippen LogP contribution in [0, 0.1) is 18.8 Å². The van der Waals surface area contributed by atoms with Crippen molar-refractivity contribution < 1.29 is 21.5 Å². The molecule has 2 heteroatoms. The lowest BCUT2D eigenvalue weighted by molar-refractivity contribution is -0.920. The highest BCUT2D eigenvalue weighted by molar-refractivity contribution is 5.35. The van der Waals surface area contributed by atoms with Crippen molar-refractivity contribution in [3.63, 3.8) is 0 Å². The Kier molecular flexibility index (Phi) is 7.05. The Morgan fingerprint density at radius 3 is 2.40 bits per heavy atom. The van der Waals surface area contributed by atoms with E-state index in [4.69, 9.17) is 0 Å². The molecule has 2 rings (SSSR count). The number of piperidine rings is 1. The highest BCUT2D eigenvalue weighted by atomic mass is 79.9. The van der Waals surface area contributed by atoms with Gasteiger partial charge < -0.3 is 21.5 Å². The molecular weight excluding hydrogens is 310 g/mol. The van der Waals surface area contributed by atoms with Gasteiger partial charge in [0, 0.05) is 5.56 Å². The van der Waals surface area contributed by atoms with E-state index in [1.54, 1.807) is 0 Å². The molecule has 0 unspecified atom stereocenters. The van der Waals surface area contributed by atoms with Crippen molar-refractivity contribution in [3.8, 4) is 11.8 Å². The van der Waals surface area contributed by atoms with E-state index >= 15 is 0 Å². The second-order valence-electron chi connectivity index (χ2n) is 5.65. The van der Waals surface area contributed by atoms with Gasteiger partial charge in [-0.05, 0) is 50.3 Å². The largest absolute Gasteiger partial charge is 1.00 e. The monoisotopic (exact) mass is 333 g/mol. The lowest BCUT2D eigenvalue weighted by Crippen LogP contribution is -3.00. The predicted octanol–water partition coefficient (Wildman–Crippen LogP) is 0.537. The van der Waals surface area contributed by atoms with Gasteiger partial charge in [-0.1, -0.05) is 30.2 Å². The zero-order valence-corrected chi connectivity index (χ0v) is 14.0. The number of likely N-dealkylation sites (tertiary alicyclic amines) is 1. The van der Waals surface area contributed by atoms with Gasteiger partial charge in [0.15, 0.2) is 0 Å². The normalized spacial score (nSPS) is 16.4. The molecular formula is C18H24BrN. The fourth-order valence-corrected chi connectivity index (χ4v) is 2.81. The van der Waals surface area contributed by atoms with Crippen LogP contribution in [-0.2, 0) is 0 Å². The van der Waals surface area contributed by atoms with Crippen LogP contribution in [0.3, 0.4) is 0 Å². The highest BCUT2D eigenvalue weighted by Gasteiger charge is 2.27. The average Bonchev–Trinajstić information content (AvgIpc) is 2.42. The zero-order valence-electron chi connectivity index (χ0n) is 12.4. The van der Waals surface area contributed by atoms with Crippen LogP contribution in [0.4, 0.5) is 0 Å². The molecule has 0 spiro atoms. The Labute approximate surface area is 134 Å². The van der Waals surface area contributed by atoms with E-state index in [0.29, 0.717) is 0 Å². The first-order valence-electron chi connectivity index (χ1n) is 7.26. The van der Waals surface area contributed by atoms with Gasteiger partial charge in [0.1, 0.15) is 6.54 Å². The SMILES string of the molecule is C=CC[N+]1(CC#Cc2ccc(C)cc2)CCCCC1.[Br-]. The van der Waals surface area contributed by atoms with Gasteiger partial charge in [0.2, 0.25) is 0 Å². The van der Waals surface area contributed by atoms with Gasteiger partial charge in [0.25, 0.3) is 0 Å². The van der Waals surface area contributed by atoms with Crippen molar-refractivity contribution in [2.75, 3.05) is 26.2 Å². The summed E-state index contributed by atoms with van der Waals surface area (Å²) in [7, 11) is 0. The number of rotatable bonds is 3. The third kappa shape index (κ3) is 4.81. The molecule has 20 heavy (non-hydrogen) atoms. The molecule has 0 radical (unpaired) electrons. The maximum absolute atomic E-state index is 3.91. The fourth-order valence-electron chi connectivity index (χ4n) is 2.81. The summed E-state index contributed by atoms with van der Waals surface area (Å²) in [5, 5.41) is 0. The first kappa shape index (κ1) is 17.0. The molecule has 1 aliphatic heterocycles. The van der Waals surface area contributed by atoms with Crippen LogP contribution >= 0.6 is 0 Å². The maximum atomic E-state index is 3.91. The van der Waals surface area contributed by atoms with Crippen molar-refractivity contribution in [2.45, 2.75) is 26.2 Å². The van der Waals surface area contributed by atoms with Crippen molar-refractivity contribution in [3.05, 3.63) is 48.0 Å². The van der Waals surface area contributed by atoms with Crippen molar-refractivity contribution in [2.24, 2.45) is 0 Å². The molecule has 1 aromatic rings. The molecule has 0 saturated carbocycles. The van der Waals surface area contributed by atoms with Crippen molar-refractivity contribution in [1.82, 2.24) is 0 Å². The third-order valence-corrected chi connectivity index (χ3v) is 3.98. The van der Waals surface area contributed by atoms with E-state index in [2.05, 4.69) is 55.7 Å². The van der Waals surface area contributed by atoms with Crippen molar-refractivity contribution >= 4 is 0 Å². The Balaban J connectivity index is 0.00000200. The third-order valence-electron chi connectivity index (χ3n) is 3.98. The number of quaternary nitrogens is 1. The number of hydrogen-bond acceptors (Lipinski definition) is 0. The summed E-state index contributed by atoms with van der Waals surface area (Å²) >= 11 is 0. The highest BCUT2D eigenvalue weighted by Crippen LogP contribution is 2.18. The molecule has 0 amide bonds. The van der Waals surface area contributed by atoms with E-state index in [0.717, 1.165) is 23.1 Å². The van der Waals surface area contributed by atoms with Crippen LogP contribution in [0.15, 0.2) is 36.9 Å². The molecule has 1 nitrogen and oxygen atoms in total. The molecule has 1 saturated heterocycles. The summed E-state index contributed by atoms with van der Waals surface area (Å²) < 4.78 is 1.11. The van der Waals surface area contributed by atoms with E-state index in [-0.39, 0.29) is 17.0 Å². The van der Waals surface area contributed by atoms with Gasteiger partial charge in [-0.15, -0.1) is 0 Å².